The Hall–Kier alpha value is -3.26. The summed E-state index contributed by atoms with van der Waals surface area (Å²) >= 11 is 5.87. The van der Waals surface area contributed by atoms with Crippen LogP contribution in [0.4, 0.5) is 17.1 Å². The number of nitrogens with one attached hydrogen (secondary N) is 1. The molecule has 0 saturated heterocycles. The number of esters is 1. The molecule has 0 atom stereocenters. The van der Waals surface area contributed by atoms with Crippen LogP contribution in [0.15, 0.2) is 36.5 Å². The minimum atomic E-state index is -0.591. The molecule has 0 fully saturated rings. The van der Waals surface area contributed by atoms with Crippen LogP contribution in [0, 0.1) is 17.0 Å². The number of halogens is 1. The molecular weight excluding hydrogens is 372 g/mol. The average Bonchev–Trinajstić information content (AvgIpc) is 2.63. The van der Waals surface area contributed by atoms with Gasteiger partial charge >= 0.3 is 5.97 Å². The van der Waals surface area contributed by atoms with Crippen molar-refractivity contribution in [3.05, 3.63) is 62.9 Å². The van der Waals surface area contributed by atoms with Crippen LogP contribution < -0.4 is 5.32 Å². The van der Waals surface area contributed by atoms with Crippen molar-refractivity contribution >= 4 is 45.7 Å². The lowest BCUT2D eigenvalue weighted by atomic mass is 10.1. The Morgan fingerprint density at radius 2 is 2.11 bits per heavy atom. The number of carbonyl (C=O) groups excluding carboxylic acids is 1. The number of nitrogens with zero attached hydrogens (tertiary/aromatic N) is 3. The summed E-state index contributed by atoms with van der Waals surface area (Å²) < 4.78 is 5.08. The zero-order valence-electron chi connectivity index (χ0n) is 14.5. The molecule has 0 unspecified atom stereocenters. The highest BCUT2D eigenvalue weighted by molar-refractivity contribution is 6.31. The smallest absolute Gasteiger partial charge is 0.341 e. The summed E-state index contributed by atoms with van der Waals surface area (Å²) in [7, 11) is 0. The topological polar surface area (TPSA) is 107 Å². The van der Waals surface area contributed by atoms with E-state index in [1.165, 1.54) is 24.4 Å². The second kappa shape index (κ2) is 7.55. The first kappa shape index (κ1) is 18.5. The van der Waals surface area contributed by atoms with Gasteiger partial charge in [-0.25, -0.2) is 14.8 Å². The first-order valence-electron chi connectivity index (χ1n) is 8.05. The van der Waals surface area contributed by atoms with Crippen molar-refractivity contribution in [2.24, 2.45) is 0 Å². The van der Waals surface area contributed by atoms with Crippen molar-refractivity contribution in [3.63, 3.8) is 0 Å². The summed E-state index contributed by atoms with van der Waals surface area (Å²) in [6.45, 7) is 3.69. The maximum Gasteiger partial charge on any atom is 0.341 e. The predicted molar refractivity (Wildman–Crippen MR) is 102 cm³/mol. The van der Waals surface area contributed by atoms with Crippen LogP contribution in [0.1, 0.15) is 23.0 Å². The molecule has 27 heavy (non-hydrogen) atoms. The number of rotatable bonds is 5. The van der Waals surface area contributed by atoms with Gasteiger partial charge in [-0.2, -0.15) is 0 Å². The third kappa shape index (κ3) is 3.80. The number of aromatic nitrogens is 2. The SMILES string of the molecule is CCOC(=O)c1cnc2nc(C)ccc2c1Nc1ccc(Cl)cc1[N+](=O)[O-]. The van der Waals surface area contributed by atoms with Gasteiger partial charge in [0, 0.05) is 28.4 Å². The molecular formula is C18H15ClN4O4. The number of pyridine rings is 2. The fourth-order valence-electron chi connectivity index (χ4n) is 2.57. The number of nitro groups is 1. The lowest BCUT2D eigenvalue weighted by Gasteiger charge is -2.14. The lowest BCUT2D eigenvalue weighted by Crippen LogP contribution is -2.10. The molecule has 0 bridgehead atoms. The summed E-state index contributed by atoms with van der Waals surface area (Å²) in [4.78, 5) is 31.7. The molecule has 0 saturated carbocycles. The van der Waals surface area contributed by atoms with E-state index in [2.05, 4.69) is 15.3 Å². The van der Waals surface area contributed by atoms with E-state index in [1.54, 1.807) is 19.1 Å². The van der Waals surface area contributed by atoms with Gasteiger partial charge in [-0.15, -0.1) is 0 Å². The van der Waals surface area contributed by atoms with Gasteiger partial charge in [-0.1, -0.05) is 11.6 Å². The Balaban J connectivity index is 2.21. The van der Waals surface area contributed by atoms with Crippen LogP contribution in [0.3, 0.4) is 0 Å². The van der Waals surface area contributed by atoms with E-state index in [1.807, 2.05) is 6.92 Å². The standard InChI is InChI=1S/C18H15ClN4O4/c1-3-27-18(24)13-9-20-17-12(6-4-10(2)21-17)16(13)22-14-7-5-11(19)8-15(14)23(25)26/h4-9H,3H2,1-2H3,(H,20,21,22). The minimum Gasteiger partial charge on any atom is -0.462 e. The van der Waals surface area contributed by atoms with E-state index in [9.17, 15) is 14.9 Å². The van der Waals surface area contributed by atoms with E-state index in [-0.39, 0.29) is 28.6 Å². The largest absolute Gasteiger partial charge is 0.462 e. The molecule has 0 aliphatic rings. The van der Waals surface area contributed by atoms with Crippen molar-refractivity contribution in [1.82, 2.24) is 9.97 Å². The molecule has 2 aromatic heterocycles. The van der Waals surface area contributed by atoms with E-state index in [0.29, 0.717) is 16.7 Å². The van der Waals surface area contributed by atoms with E-state index in [0.717, 1.165) is 5.69 Å². The molecule has 2 heterocycles. The molecule has 1 aromatic carbocycles. The Labute approximate surface area is 159 Å². The third-order valence-corrected chi connectivity index (χ3v) is 4.02. The molecule has 1 N–H and O–H groups in total. The maximum absolute atomic E-state index is 12.4. The summed E-state index contributed by atoms with van der Waals surface area (Å²) in [6, 6.07) is 7.74. The van der Waals surface area contributed by atoms with Crippen molar-refractivity contribution in [2.45, 2.75) is 13.8 Å². The first-order valence-corrected chi connectivity index (χ1v) is 8.43. The van der Waals surface area contributed by atoms with E-state index < -0.39 is 10.9 Å². The van der Waals surface area contributed by atoms with Crippen molar-refractivity contribution in [3.8, 4) is 0 Å². The highest BCUT2D eigenvalue weighted by Gasteiger charge is 2.21. The number of benzene rings is 1. The van der Waals surface area contributed by atoms with Gasteiger partial charge in [-0.05, 0) is 38.1 Å². The second-order valence-electron chi connectivity index (χ2n) is 5.63. The van der Waals surface area contributed by atoms with Gasteiger partial charge in [-0.3, -0.25) is 10.1 Å². The number of ether oxygens (including phenoxy) is 1. The van der Waals surface area contributed by atoms with Gasteiger partial charge in [0.05, 0.1) is 17.2 Å². The third-order valence-electron chi connectivity index (χ3n) is 3.78. The summed E-state index contributed by atoms with van der Waals surface area (Å²) in [5.41, 5.74) is 1.60. The van der Waals surface area contributed by atoms with Crippen molar-refractivity contribution in [2.75, 3.05) is 11.9 Å². The van der Waals surface area contributed by atoms with Gasteiger partial charge in [0.1, 0.15) is 11.3 Å². The fraction of sp³-hybridized carbons (Fsp3) is 0.167. The van der Waals surface area contributed by atoms with Gasteiger partial charge < -0.3 is 10.1 Å². The highest BCUT2D eigenvalue weighted by atomic mass is 35.5. The van der Waals surface area contributed by atoms with E-state index in [4.69, 9.17) is 16.3 Å². The van der Waals surface area contributed by atoms with E-state index >= 15 is 0 Å². The van der Waals surface area contributed by atoms with Gasteiger partial charge in [0.15, 0.2) is 5.65 Å². The molecule has 3 aromatic rings. The normalized spacial score (nSPS) is 10.6. The summed E-state index contributed by atoms with van der Waals surface area (Å²) in [6.07, 6.45) is 1.34. The Bertz CT molecular complexity index is 1050. The number of fused-ring (bicyclic) bond motifs is 1. The summed E-state index contributed by atoms with van der Waals surface area (Å²) in [5.74, 6) is -0.591. The summed E-state index contributed by atoms with van der Waals surface area (Å²) in [5, 5.41) is 15.1. The molecule has 138 valence electrons. The predicted octanol–water partition coefficient (Wildman–Crippen LogP) is 4.42. The number of anilines is 2. The molecule has 3 rings (SSSR count). The van der Waals surface area contributed by atoms with Crippen LogP contribution in [-0.2, 0) is 4.74 Å². The zero-order chi connectivity index (χ0) is 19.6. The molecule has 0 spiro atoms. The Morgan fingerprint density at radius 3 is 2.81 bits per heavy atom. The molecule has 8 nitrogen and oxygen atoms in total. The average molecular weight is 387 g/mol. The second-order valence-corrected chi connectivity index (χ2v) is 6.07. The van der Waals surface area contributed by atoms with Crippen molar-refractivity contribution < 1.29 is 14.5 Å². The number of hydrogen-bond donors (Lipinski definition) is 1. The van der Waals surface area contributed by atoms with Crippen LogP contribution >= 0.6 is 11.6 Å². The van der Waals surface area contributed by atoms with Crippen LogP contribution in [0.2, 0.25) is 5.02 Å². The van der Waals surface area contributed by atoms with Gasteiger partial charge in [0.25, 0.3) is 5.69 Å². The van der Waals surface area contributed by atoms with Gasteiger partial charge in [0.2, 0.25) is 0 Å². The zero-order valence-corrected chi connectivity index (χ0v) is 15.3. The van der Waals surface area contributed by atoms with Crippen molar-refractivity contribution in [1.29, 1.82) is 0 Å². The number of nitro benzene ring substituents is 1. The highest BCUT2D eigenvalue weighted by Crippen LogP contribution is 2.34. The molecule has 0 radical (unpaired) electrons. The number of carbonyl (C=O) groups is 1. The quantitative estimate of drug-likeness (QED) is 0.392. The number of hydrogen-bond acceptors (Lipinski definition) is 7. The van der Waals surface area contributed by atoms with Crippen LogP contribution in [0.25, 0.3) is 11.0 Å². The fourth-order valence-corrected chi connectivity index (χ4v) is 2.73. The van der Waals surface area contributed by atoms with Crippen LogP contribution in [0.5, 0.6) is 0 Å². The Morgan fingerprint density at radius 1 is 1.33 bits per heavy atom. The molecule has 0 amide bonds. The monoisotopic (exact) mass is 386 g/mol. The minimum absolute atomic E-state index is 0.152. The Kier molecular flexibility index (Phi) is 5.18. The maximum atomic E-state index is 12.4. The molecule has 0 aliphatic heterocycles. The molecule has 0 aliphatic carbocycles. The lowest BCUT2D eigenvalue weighted by molar-refractivity contribution is -0.383. The number of aryl methyl sites for hydroxylation is 1. The molecule has 9 heteroatoms. The van der Waals surface area contributed by atoms with Crippen LogP contribution in [-0.4, -0.2) is 27.5 Å². The first-order chi connectivity index (χ1) is 12.9.